The number of carboxylic acid groups (broad SMARTS) is 1. The number of carbonyl (C=O) groups is 3. The monoisotopic (exact) mass is 520 g/mol. The van der Waals surface area contributed by atoms with Gasteiger partial charge in [-0.2, -0.15) is 0 Å². The number of nitrogens with two attached hydrogens (primary N) is 1. The molecule has 2 heterocycles. The summed E-state index contributed by atoms with van der Waals surface area (Å²) < 4.78 is 5.20. The molecular weight excluding hydrogens is 480 g/mol. The highest BCUT2D eigenvalue weighted by Gasteiger charge is 2.52. The zero-order chi connectivity index (χ0) is 27.0. The molecule has 0 spiro atoms. The van der Waals surface area contributed by atoms with Crippen molar-refractivity contribution in [2.75, 3.05) is 26.2 Å². The molecular formula is C22H40N4O10. The topological polar surface area (TPSA) is 235 Å². The van der Waals surface area contributed by atoms with Crippen molar-refractivity contribution in [2.24, 2.45) is 5.73 Å². The second-order valence-corrected chi connectivity index (χ2v) is 9.47. The van der Waals surface area contributed by atoms with Crippen molar-refractivity contribution < 1.29 is 49.8 Å². The maximum absolute atomic E-state index is 12.8. The van der Waals surface area contributed by atoms with Crippen LogP contribution < -0.4 is 16.4 Å². The van der Waals surface area contributed by atoms with E-state index in [0.29, 0.717) is 45.2 Å². The summed E-state index contributed by atoms with van der Waals surface area (Å²) in [5.41, 5.74) is 6.05. The molecule has 14 heteroatoms. The molecule has 2 amide bonds. The number of aliphatic hydroxyl groups is 5. The Labute approximate surface area is 209 Å². The maximum atomic E-state index is 12.8. The molecule has 0 aliphatic carbocycles. The van der Waals surface area contributed by atoms with E-state index in [9.17, 15) is 39.9 Å². The summed E-state index contributed by atoms with van der Waals surface area (Å²) >= 11 is 0. The lowest BCUT2D eigenvalue weighted by Crippen LogP contribution is -2.65. The van der Waals surface area contributed by atoms with Crippen LogP contribution in [0.15, 0.2) is 0 Å². The molecule has 0 bridgehead atoms. The highest BCUT2D eigenvalue weighted by atomic mass is 16.7. The number of carboxylic acids is 1. The van der Waals surface area contributed by atoms with Crippen LogP contribution in [0.4, 0.5) is 0 Å². The van der Waals surface area contributed by atoms with Crippen molar-refractivity contribution in [1.82, 2.24) is 15.5 Å². The first kappa shape index (κ1) is 30.3. The summed E-state index contributed by atoms with van der Waals surface area (Å²) in [5.74, 6) is -4.15. The van der Waals surface area contributed by atoms with Gasteiger partial charge in [-0.05, 0) is 39.2 Å². The van der Waals surface area contributed by atoms with E-state index in [4.69, 9.17) is 15.6 Å². The molecule has 0 aromatic heterocycles. The Kier molecular flexibility index (Phi) is 11.4. The fourth-order valence-corrected chi connectivity index (χ4v) is 4.44. The van der Waals surface area contributed by atoms with E-state index in [1.807, 2.05) is 0 Å². The third-order valence-corrected chi connectivity index (χ3v) is 6.72. The molecule has 10 N–H and O–H groups in total. The minimum absolute atomic E-state index is 0.106. The third-order valence-electron chi connectivity index (χ3n) is 6.72. The number of likely N-dealkylation sites (tertiary alicyclic amines) is 1. The molecule has 36 heavy (non-hydrogen) atoms. The predicted molar refractivity (Wildman–Crippen MR) is 124 cm³/mol. The van der Waals surface area contributed by atoms with Crippen LogP contribution in [0.3, 0.4) is 0 Å². The average molecular weight is 521 g/mol. The smallest absolute Gasteiger partial charge is 0.325 e. The normalized spacial score (nSPS) is 32.2. The number of aliphatic hydroxyl groups excluding tert-OH is 4. The summed E-state index contributed by atoms with van der Waals surface area (Å²) in [6.07, 6.45) is -3.58. The first-order valence-electron chi connectivity index (χ1n) is 12.3. The van der Waals surface area contributed by atoms with Gasteiger partial charge >= 0.3 is 5.97 Å². The molecule has 2 aliphatic rings. The molecule has 0 radical (unpaired) electrons. The third kappa shape index (κ3) is 7.55. The van der Waals surface area contributed by atoms with E-state index < -0.39 is 66.8 Å². The lowest BCUT2D eigenvalue weighted by molar-refractivity contribution is -0.350. The van der Waals surface area contributed by atoms with E-state index in [1.54, 1.807) is 0 Å². The number of hydrogen-bond acceptors (Lipinski definition) is 11. The van der Waals surface area contributed by atoms with Crippen molar-refractivity contribution in [3.05, 3.63) is 0 Å². The number of nitrogens with zero attached hydrogens (tertiary/aromatic N) is 1. The predicted octanol–water partition coefficient (Wildman–Crippen LogP) is -3.79. The Morgan fingerprint density at radius 1 is 1.17 bits per heavy atom. The Morgan fingerprint density at radius 3 is 2.50 bits per heavy atom. The van der Waals surface area contributed by atoms with E-state index in [1.165, 1.54) is 11.8 Å². The molecule has 8 atom stereocenters. The number of amides is 2. The SMILES string of the molecule is C[C@H](NC(=O)C1CCCN1C(=O)[C@@H](N)CCCCNCCC1(O)O[C@H](CO)[C@H](O)[C@H](O)[C@H]1O)C(=O)O. The van der Waals surface area contributed by atoms with Crippen LogP contribution >= 0.6 is 0 Å². The van der Waals surface area contributed by atoms with Crippen LogP contribution in [0, 0.1) is 0 Å². The van der Waals surface area contributed by atoms with E-state index in [0.717, 1.165) is 0 Å². The summed E-state index contributed by atoms with van der Waals surface area (Å²) in [5, 5.41) is 63.8. The van der Waals surface area contributed by atoms with Gasteiger partial charge < -0.3 is 56.6 Å². The molecule has 0 saturated carbocycles. The van der Waals surface area contributed by atoms with Crippen molar-refractivity contribution in [3.63, 3.8) is 0 Å². The second-order valence-electron chi connectivity index (χ2n) is 9.47. The number of hydrogen-bond donors (Lipinski definition) is 9. The van der Waals surface area contributed by atoms with Crippen LogP contribution in [0.25, 0.3) is 0 Å². The van der Waals surface area contributed by atoms with E-state index in [2.05, 4.69) is 10.6 Å². The number of ether oxygens (including phenoxy) is 1. The number of unbranched alkanes of at least 4 members (excludes halogenated alkanes) is 1. The van der Waals surface area contributed by atoms with Crippen LogP contribution in [0.1, 0.15) is 45.4 Å². The zero-order valence-corrected chi connectivity index (χ0v) is 20.5. The van der Waals surface area contributed by atoms with Crippen LogP contribution in [-0.4, -0.2) is 128 Å². The first-order chi connectivity index (χ1) is 16.9. The standard InChI is InChI=1S/C22H40N4O10/c1-12(21(33)34)25-19(31)14-6-4-10-26(14)20(32)13(23)5-2-3-8-24-9-7-22(35)18(30)17(29)16(28)15(11-27)36-22/h12-18,24,27-30,35H,2-11,23H2,1H3,(H,25,31)(H,33,34)/t12-,13-,14?,15+,16-,17-,18+,22?/m0/s1. The fourth-order valence-electron chi connectivity index (χ4n) is 4.44. The minimum atomic E-state index is -2.13. The zero-order valence-electron chi connectivity index (χ0n) is 20.5. The van der Waals surface area contributed by atoms with E-state index >= 15 is 0 Å². The molecule has 2 saturated heterocycles. The summed E-state index contributed by atoms with van der Waals surface area (Å²) in [4.78, 5) is 37.5. The van der Waals surface area contributed by atoms with E-state index in [-0.39, 0.29) is 18.9 Å². The largest absolute Gasteiger partial charge is 0.480 e. The van der Waals surface area contributed by atoms with Gasteiger partial charge in [0.05, 0.1) is 12.6 Å². The maximum Gasteiger partial charge on any atom is 0.325 e. The summed E-state index contributed by atoms with van der Waals surface area (Å²) in [7, 11) is 0. The number of carbonyl (C=O) groups excluding carboxylic acids is 2. The second kappa shape index (κ2) is 13.6. The molecule has 0 aromatic carbocycles. The molecule has 2 rings (SSSR count). The van der Waals surface area contributed by atoms with Gasteiger partial charge in [0, 0.05) is 19.5 Å². The van der Waals surface area contributed by atoms with Crippen LogP contribution in [0.5, 0.6) is 0 Å². The van der Waals surface area contributed by atoms with Gasteiger partial charge in [-0.3, -0.25) is 14.4 Å². The first-order valence-corrected chi connectivity index (χ1v) is 12.3. The summed E-state index contributed by atoms with van der Waals surface area (Å²) in [6, 6.07) is -2.59. The fraction of sp³-hybridized carbons (Fsp3) is 0.864. The van der Waals surface area contributed by atoms with Crippen molar-refractivity contribution >= 4 is 17.8 Å². The van der Waals surface area contributed by atoms with Gasteiger partial charge in [0.2, 0.25) is 11.8 Å². The molecule has 0 aromatic rings. The summed E-state index contributed by atoms with van der Waals surface area (Å²) in [6.45, 7) is 1.81. The van der Waals surface area contributed by atoms with Crippen LogP contribution in [-0.2, 0) is 19.1 Å². The Hall–Kier alpha value is -1.91. The van der Waals surface area contributed by atoms with Crippen molar-refractivity contribution in [2.45, 2.75) is 93.8 Å². The van der Waals surface area contributed by atoms with Gasteiger partial charge in [-0.15, -0.1) is 0 Å². The van der Waals surface area contributed by atoms with Gasteiger partial charge in [-0.1, -0.05) is 6.42 Å². The van der Waals surface area contributed by atoms with Gasteiger partial charge in [0.1, 0.15) is 36.5 Å². The Bertz CT molecular complexity index is 756. The molecule has 2 unspecified atom stereocenters. The van der Waals surface area contributed by atoms with Crippen molar-refractivity contribution in [3.8, 4) is 0 Å². The quantitative estimate of drug-likeness (QED) is 0.106. The van der Waals surface area contributed by atoms with Gasteiger partial charge in [0.15, 0.2) is 5.79 Å². The number of aliphatic carboxylic acids is 1. The Balaban J connectivity index is 1.69. The lowest BCUT2D eigenvalue weighted by Gasteiger charge is -2.45. The molecule has 208 valence electrons. The highest BCUT2D eigenvalue weighted by Crippen LogP contribution is 2.30. The number of nitrogens with one attached hydrogen (secondary N) is 2. The average Bonchev–Trinajstić information content (AvgIpc) is 3.34. The van der Waals surface area contributed by atoms with Gasteiger partial charge in [0.25, 0.3) is 0 Å². The number of rotatable bonds is 13. The molecule has 14 nitrogen and oxygen atoms in total. The van der Waals surface area contributed by atoms with Crippen LogP contribution in [0.2, 0.25) is 0 Å². The minimum Gasteiger partial charge on any atom is -0.480 e. The van der Waals surface area contributed by atoms with Gasteiger partial charge in [-0.25, -0.2) is 0 Å². The molecule has 2 aliphatic heterocycles. The lowest BCUT2D eigenvalue weighted by atomic mass is 9.91. The molecule has 2 fully saturated rings. The Morgan fingerprint density at radius 2 is 1.86 bits per heavy atom. The van der Waals surface area contributed by atoms with Crippen molar-refractivity contribution in [1.29, 1.82) is 0 Å². The highest BCUT2D eigenvalue weighted by molar-refractivity contribution is 5.92.